The van der Waals surface area contributed by atoms with E-state index in [1.165, 1.54) is 0 Å². The predicted molar refractivity (Wildman–Crippen MR) is 64.9 cm³/mol. The second kappa shape index (κ2) is 6.05. The van der Waals surface area contributed by atoms with Crippen LogP contribution >= 0.6 is 0 Å². The summed E-state index contributed by atoms with van der Waals surface area (Å²) in [5.74, 6) is 0.0355. The average Bonchev–Trinajstić information content (AvgIpc) is 2.26. The van der Waals surface area contributed by atoms with Crippen LogP contribution in [0.2, 0.25) is 0 Å². The molecule has 0 aliphatic rings. The molecule has 3 heteroatoms. The third kappa shape index (κ3) is 3.50. The topological polar surface area (TPSA) is 33.2 Å². The Kier molecular flexibility index (Phi) is 4.70. The summed E-state index contributed by atoms with van der Waals surface area (Å²) in [6.45, 7) is 7.03. The third-order valence-corrected chi connectivity index (χ3v) is 2.30. The SMILES string of the molecule is CC=CC(=O)N(CC)Cc1cccc(C)n1. The van der Waals surface area contributed by atoms with Crippen LogP contribution < -0.4 is 0 Å². The number of amides is 1. The number of carbonyl (C=O) groups excluding carboxylic acids is 1. The van der Waals surface area contributed by atoms with Crippen molar-refractivity contribution in [2.75, 3.05) is 6.54 Å². The number of aryl methyl sites for hydroxylation is 1. The number of likely N-dealkylation sites (N-methyl/N-ethyl adjacent to an activating group) is 1. The standard InChI is InChI=1S/C13H18N2O/c1-4-7-13(16)15(5-2)10-12-9-6-8-11(3)14-12/h4,6-9H,5,10H2,1-3H3. The van der Waals surface area contributed by atoms with Crippen molar-refractivity contribution in [3.05, 3.63) is 41.7 Å². The molecule has 1 aromatic heterocycles. The van der Waals surface area contributed by atoms with Crippen molar-refractivity contribution >= 4 is 5.91 Å². The van der Waals surface area contributed by atoms with Gasteiger partial charge >= 0.3 is 0 Å². The maximum atomic E-state index is 11.7. The van der Waals surface area contributed by atoms with E-state index in [0.29, 0.717) is 13.1 Å². The molecule has 3 nitrogen and oxygen atoms in total. The van der Waals surface area contributed by atoms with E-state index in [0.717, 1.165) is 11.4 Å². The molecule has 1 heterocycles. The van der Waals surface area contributed by atoms with E-state index < -0.39 is 0 Å². The molecule has 0 spiro atoms. The molecule has 0 saturated heterocycles. The zero-order valence-corrected chi connectivity index (χ0v) is 10.1. The Balaban J connectivity index is 2.74. The molecule has 16 heavy (non-hydrogen) atoms. The fourth-order valence-electron chi connectivity index (χ4n) is 1.48. The minimum Gasteiger partial charge on any atom is -0.334 e. The molecule has 1 aromatic rings. The average molecular weight is 218 g/mol. The van der Waals surface area contributed by atoms with Gasteiger partial charge in [0.2, 0.25) is 5.91 Å². The summed E-state index contributed by atoms with van der Waals surface area (Å²) in [7, 11) is 0. The third-order valence-electron chi connectivity index (χ3n) is 2.30. The van der Waals surface area contributed by atoms with Gasteiger partial charge < -0.3 is 4.90 Å². The van der Waals surface area contributed by atoms with Gasteiger partial charge in [-0.25, -0.2) is 0 Å². The monoisotopic (exact) mass is 218 g/mol. The van der Waals surface area contributed by atoms with Crippen molar-refractivity contribution in [2.24, 2.45) is 0 Å². The van der Waals surface area contributed by atoms with Gasteiger partial charge in [0.15, 0.2) is 0 Å². The number of nitrogens with zero attached hydrogens (tertiary/aromatic N) is 2. The highest BCUT2D eigenvalue weighted by molar-refractivity contribution is 5.87. The van der Waals surface area contributed by atoms with Crippen LogP contribution in [0.25, 0.3) is 0 Å². The summed E-state index contributed by atoms with van der Waals surface area (Å²) >= 11 is 0. The van der Waals surface area contributed by atoms with E-state index in [2.05, 4.69) is 4.98 Å². The van der Waals surface area contributed by atoms with Crippen LogP contribution in [0.1, 0.15) is 25.2 Å². The van der Waals surface area contributed by atoms with Gasteiger partial charge in [-0.1, -0.05) is 12.1 Å². The molecule has 1 rings (SSSR count). The number of aromatic nitrogens is 1. The van der Waals surface area contributed by atoms with Crippen molar-refractivity contribution in [1.82, 2.24) is 9.88 Å². The van der Waals surface area contributed by atoms with Gasteiger partial charge in [0.1, 0.15) is 0 Å². The van der Waals surface area contributed by atoms with Gasteiger partial charge in [-0.05, 0) is 39.0 Å². The van der Waals surface area contributed by atoms with E-state index in [-0.39, 0.29) is 5.91 Å². The Morgan fingerprint density at radius 3 is 2.81 bits per heavy atom. The molecule has 0 radical (unpaired) electrons. The first-order chi connectivity index (χ1) is 7.67. The lowest BCUT2D eigenvalue weighted by Crippen LogP contribution is -2.29. The summed E-state index contributed by atoms with van der Waals surface area (Å²) in [6.07, 6.45) is 3.34. The first-order valence-electron chi connectivity index (χ1n) is 5.51. The molecule has 0 saturated carbocycles. The summed E-state index contributed by atoms with van der Waals surface area (Å²) in [6, 6.07) is 5.86. The molecule has 0 fully saturated rings. The second-order valence-electron chi connectivity index (χ2n) is 3.62. The Bertz CT molecular complexity index is 385. The van der Waals surface area contributed by atoms with Crippen LogP contribution in [0.4, 0.5) is 0 Å². The zero-order chi connectivity index (χ0) is 12.0. The maximum Gasteiger partial charge on any atom is 0.246 e. The second-order valence-corrected chi connectivity index (χ2v) is 3.62. The Morgan fingerprint density at radius 1 is 1.50 bits per heavy atom. The Labute approximate surface area is 96.8 Å². The largest absolute Gasteiger partial charge is 0.334 e. The van der Waals surface area contributed by atoms with Crippen LogP contribution in [-0.2, 0) is 11.3 Å². The molecule has 1 amide bonds. The maximum absolute atomic E-state index is 11.7. The highest BCUT2D eigenvalue weighted by Gasteiger charge is 2.09. The summed E-state index contributed by atoms with van der Waals surface area (Å²) in [5, 5.41) is 0. The van der Waals surface area contributed by atoms with Gasteiger partial charge in [-0.15, -0.1) is 0 Å². The Morgan fingerprint density at radius 2 is 2.25 bits per heavy atom. The highest BCUT2D eigenvalue weighted by Crippen LogP contribution is 2.04. The van der Waals surface area contributed by atoms with E-state index in [9.17, 15) is 4.79 Å². The molecule has 0 aliphatic carbocycles. The van der Waals surface area contributed by atoms with Gasteiger partial charge in [0.05, 0.1) is 12.2 Å². The molecule has 0 aliphatic heterocycles. The van der Waals surface area contributed by atoms with Crippen molar-refractivity contribution in [2.45, 2.75) is 27.3 Å². The predicted octanol–water partition coefficient (Wildman–Crippen LogP) is 2.31. The first kappa shape index (κ1) is 12.4. The first-order valence-corrected chi connectivity index (χ1v) is 5.51. The summed E-state index contributed by atoms with van der Waals surface area (Å²) in [4.78, 5) is 17.8. The number of allylic oxidation sites excluding steroid dienone is 1. The number of rotatable bonds is 4. The zero-order valence-electron chi connectivity index (χ0n) is 10.1. The lowest BCUT2D eigenvalue weighted by atomic mass is 10.3. The van der Waals surface area contributed by atoms with E-state index in [1.54, 1.807) is 17.1 Å². The van der Waals surface area contributed by atoms with Crippen molar-refractivity contribution in [1.29, 1.82) is 0 Å². The van der Waals surface area contributed by atoms with E-state index in [4.69, 9.17) is 0 Å². The fraction of sp³-hybridized carbons (Fsp3) is 0.385. The van der Waals surface area contributed by atoms with Gasteiger partial charge in [-0.3, -0.25) is 9.78 Å². The molecule has 0 aromatic carbocycles. The molecule has 0 bridgehead atoms. The quantitative estimate of drug-likeness (QED) is 0.727. The number of pyridine rings is 1. The molecular weight excluding hydrogens is 200 g/mol. The van der Waals surface area contributed by atoms with Gasteiger partial charge in [0, 0.05) is 12.2 Å². The smallest absolute Gasteiger partial charge is 0.246 e. The number of hydrogen-bond donors (Lipinski definition) is 0. The lowest BCUT2D eigenvalue weighted by molar-refractivity contribution is -0.126. The van der Waals surface area contributed by atoms with Crippen LogP contribution in [0.5, 0.6) is 0 Å². The van der Waals surface area contributed by atoms with E-state index in [1.807, 2.05) is 39.0 Å². The van der Waals surface area contributed by atoms with E-state index >= 15 is 0 Å². The van der Waals surface area contributed by atoms with Crippen molar-refractivity contribution < 1.29 is 4.79 Å². The van der Waals surface area contributed by atoms with Gasteiger partial charge in [0.25, 0.3) is 0 Å². The van der Waals surface area contributed by atoms with Crippen LogP contribution in [0, 0.1) is 6.92 Å². The minimum absolute atomic E-state index is 0.0355. The molecule has 0 unspecified atom stereocenters. The molecule has 86 valence electrons. The molecule has 0 atom stereocenters. The van der Waals surface area contributed by atoms with Gasteiger partial charge in [-0.2, -0.15) is 0 Å². The molecular formula is C13H18N2O. The Hall–Kier alpha value is -1.64. The lowest BCUT2D eigenvalue weighted by Gasteiger charge is -2.18. The summed E-state index contributed by atoms with van der Waals surface area (Å²) in [5.41, 5.74) is 1.91. The summed E-state index contributed by atoms with van der Waals surface area (Å²) < 4.78 is 0. The normalized spacial score (nSPS) is 10.7. The highest BCUT2D eigenvalue weighted by atomic mass is 16.2. The van der Waals surface area contributed by atoms with Crippen molar-refractivity contribution in [3.8, 4) is 0 Å². The van der Waals surface area contributed by atoms with Crippen LogP contribution in [0.15, 0.2) is 30.4 Å². The van der Waals surface area contributed by atoms with Crippen LogP contribution in [0.3, 0.4) is 0 Å². The minimum atomic E-state index is 0.0355. The molecule has 0 N–H and O–H groups in total. The fourth-order valence-corrected chi connectivity index (χ4v) is 1.48. The number of hydrogen-bond acceptors (Lipinski definition) is 2. The number of carbonyl (C=O) groups is 1. The van der Waals surface area contributed by atoms with Crippen molar-refractivity contribution in [3.63, 3.8) is 0 Å². The van der Waals surface area contributed by atoms with Crippen LogP contribution in [-0.4, -0.2) is 22.3 Å².